The molecular weight excluding hydrogens is 300 g/mol. The average molecular weight is 322 g/mol. The summed E-state index contributed by atoms with van der Waals surface area (Å²) in [6.07, 6.45) is 0. The zero-order valence-electron chi connectivity index (χ0n) is 13.9. The van der Waals surface area contributed by atoms with Crippen molar-refractivity contribution in [1.29, 1.82) is 0 Å². The van der Waals surface area contributed by atoms with Gasteiger partial charge in [-0.05, 0) is 31.2 Å². The second kappa shape index (κ2) is 7.41. The molecule has 0 atom stereocenters. The molecule has 0 unspecified atom stereocenters. The third-order valence-electron chi connectivity index (χ3n) is 4.47. The first kappa shape index (κ1) is 16.4. The van der Waals surface area contributed by atoms with Crippen LogP contribution in [0.4, 0.5) is 5.69 Å². The van der Waals surface area contributed by atoms with E-state index in [2.05, 4.69) is 9.80 Å². The summed E-state index contributed by atoms with van der Waals surface area (Å²) >= 11 is 0. The molecular formula is C20H22N2O2. The largest absolute Gasteiger partial charge is 0.369 e. The molecule has 0 N–H and O–H groups in total. The molecule has 0 bridgehead atoms. The van der Waals surface area contributed by atoms with Gasteiger partial charge in [-0.3, -0.25) is 14.5 Å². The third-order valence-corrected chi connectivity index (χ3v) is 4.47. The van der Waals surface area contributed by atoms with Crippen molar-refractivity contribution < 1.29 is 9.59 Å². The summed E-state index contributed by atoms with van der Waals surface area (Å²) < 4.78 is 0. The van der Waals surface area contributed by atoms with Gasteiger partial charge in [-0.25, -0.2) is 0 Å². The highest BCUT2D eigenvalue weighted by Crippen LogP contribution is 2.18. The van der Waals surface area contributed by atoms with Crippen molar-refractivity contribution in [3.05, 3.63) is 65.7 Å². The predicted molar refractivity (Wildman–Crippen MR) is 95.9 cm³/mol. The smallest absolute Gasteiger partial charge is 0.176 e. The monoisotopic (exact) mass is 322 g/mol. The minimum absolute atomic E-state index is 0.0887. The van der Waals surface area contributed by atoms with E-state index in [0.717, 1.165) is 43.0 Å². The maximum atomic E-state index is 12.3. The number of ketones is 2. The van der Waals surface area contributed by atoms with Crippen LogP contribution in [0.15, 0.2) is 54.6 Å². The second-order valence-corrected chi connectivity index (χ2v) is 6.16. The predicted octanol–water partition coefficient (Wildman–Crippen LogP) is 2.89. The van der Waals surface area contributed by atoms with Crippen molar-refractivity contribution in [2.24, 2.45) is 0 Å². The van der Waals surface area contributed by atoms with Crippen LogP contribution in [0.2, 0.25) is 0 Å². The fourth-order valence-electron chi connectivity index (χ4n) is 2.99. The first-order chi connectivity index (χ1) is 11.6. The number of hydrogen-bond donors (Lipinski definition) is 0. The molecule has 0 amide bonds. The van der Waals surface area contributed by atoms with Gasteiger partial charge in [0.2, 0.25) is 0 Å². The van der Waals surface area contributed by atoms with Gasteiger partial charge in [-0.15, -0.1) is 0 Å². The van der Waals surface area contributed by atoms with Crippen LogP contribution in [0.1, 0.15) is 27.6 Å². The Bertz CT molecular complexity index is 702. The molecule has 0 saturated carbocycles. The molecule has 1 heterocycles. The zero-order chi connectivity index (χ0) is 16.9. The van der Waals surface area contributed by atoms with Gasteiger partial charge >= 0.3 is 0 Å². The summed E-state index contributed by atoms with van der Waals surface area (Å²) in [5, 5.41) is 0. The number of Topliss-reactive ketones (excluding diaryl/α,β-unsaturated/α-hetero) is 2. The van der Waals surface area contributed by atoms with Gasteiger partial charge in [-0.1, -0.05) is 30.3 Å². The highest BCUT2D eigenvalue weighted by atomic mass is 16.1. The normalized spacial score (nSPS) is 15.3. The lowest BCUT2D eigenvalue weighted by molar-refractivity contribution is 0.0926. The molecule has 24 heavy (non-hydrogen) atoms. The van der Waals surface area contributed by atoms with E-state index in [1.54, 1.807) is 6.92 Å². The van der Waals surface area contributed by atoms with Crippen molar-refractivity contribution in [1.82, 2.24) is 4.90 Å². The summed E-state index contributed by atoms with van der Waals surface area (Å²) in [7, 11) is 0. The van der Waals surface area contributed by atoms with Gasteiger partial charge in [0.25, 0.3) is 0 Å². The molecule has 2 aromatic carbocycles. The Hall–Kier alpha value is -2.46. The van der Waals surface area contributed by atoms with E-state index < -0.39 is 0 Å². The van der Waals surface area contributed by atoms with E-state index in [1.807, 2.05) is 54.6 Å². The number of anilines is 1. The van der Waals surface area contributed by atoms with Crippen LogP contribution < -0.4 is 4.90 Å². The maximum absolute atomic E-state index is 12.3. The van der Waals surface area contributed by atoms with Gasteiger partial charge in [0.15, 0.2) is 11.6 Å². The topological polar surface area (TPSA) is 40.6 Å². The zero-order valence-corrected chi connectivity index (χ0v) is 13.9. The Labute approximate surface area is 142 Å². The highest BCUT2D eigenvalue weighted by Gasteiger charge is 2.19. The number of hydrogen-bond acceptors (Lipinski definition) is 4. The quantitative estimate of drug-likeness (QED) is 0.794. The maximum Gasteiger partial charge on any atom is 0.176 e. The number of piperazine rings is 1. The molecule has 1 aliphatic heterocycles. The minimum atomic E-state index is 0.0887. The van der Waals surface area contributed by atoms with Crippen molar-refractivity contribution in [3.8, 4) is 0 Å². The van der Waals surface area contributed by atoms with Crippen LogP contribution in [0.3, 0.4) is 0 Å². The second-order valence-electron chi connectivity index (χ2n) is 6.16. The Morgan fingerprint density at radius 1 is 0.833 bits per heavy atom. The highest BCUT2D eigenvalue weighted by molar-refractivity contribution is 5.97. The van der Waals surface area contributed by atoms with Gasteiger partial charge in [0.05, 0.1) is 6.54 Å². The lowest BCUT2D eigenvalue weighted by atomic mass is 10.1. The number of carbonyl (C=O) groups excluding carboxylic acids is 2. The van der Waals surface area contributed by atoms with E-state index in [4.69, 9.17) is 0 Å². The fourth-order valence-corrected chi connectivity index (χ4v) is 2.99. The van der Waals surface area contributed by atoms with E-state index >= 15 is 0 Å². The lowest BCUT2D eigenvalue weighted by Gasteiger charge is -2.35. The Morgan fingerprint density at radius 2 is 1.46 bits per heavy atom. The number of carbonyl (C=O) groups is 2. The molecule has 0 spiro atoms. The van der Waals surface area contributed by atoms with Crippen molar-refractivity contribution in [3.63, 3.8) is 0 Å². The van der Waals surface area contributed by atoms with Crippen molar-refractivity contribution in [2.45, 2.75) is 6.92 Å². The minimum Gasteiger partial charge on any atom is -0.369 e. The lowest BCUT2D eigenvalue weighted by Crippen LogP contribution is -2.48. The first-order valence-electron chi connectivity index (χ1n) is 8.30. The molecule has 0 aromatic heterocycles. The fraction of sp³-hybridized carbons (Fsp3) is 0.300. The molecule has 0 aliphatic carbocycles. The Morgan fingerprint density at radius 3 is 2.04 bits per heavy atom. The van der Waals surface area contributed by atoms with Crippen molar-refractivity contribution in [2.75, 3.05) is 37.6 Å². The SMILES string of the molecule is CC(=O)c1ccc(N2CCN(CC(=O)c3ccccc3)CC2)cc1. The molecule has 4 nitrogen and oxygen atoms in total. The van der Waals surface area contributed by atoms with E-state index in [0.29, 0.717) is 6.54 Å². The Balaban J connectivity index is 1.54. The van der Waals surface area contributed by atoms with Gasteiger partial charge < -0.3 is 4.90 Å². The Kier molecular flexibility index (Phi) is 5.06. The van der Waals surface area contributed by atoms with E-state index in [1.165, 1.54) is 0 Å². The van der Waals surface area contributed by atoms with Gasteiger partial charge in [0.1, 0.15) is 0 Å². The summed E-state index contributed by atoms with van der Waals surface area (Å²) in [5.74, 6) is 0.264. The van der Waals surface area contributed by atoms with Crippen LogP contribution in [-0.2, 0) is 0 Å². The molecule has 124 valence electrons. The molecule has 3 rings (SSSR count). The van der Waals surface area contributed by atoms with Crippen LogP contribution >= 0.6 is 0 Å². The average Bonchev–Trinajstić information content (AvgIpc) is 2.63. The number of benzene rings is 2. The molecule has 4 heteroatoms. The number of nitrogens with zero attached hydrogens (tertiary/aromatic N) is 2. The summed E-state index contributed by atoms with van der Waals surface area (Å²) in [6, 6.07) is 17.2. The van der Waals surface area contributed by atoms with Crippen LogP contribution in [-0.4, -0.2) is 49.2 Å². The standard InChI is InChI=1S/C20H22N2O2/c1-16(23)17-7-9-19(10-8-17)22-13-11-21(12-14-22)15-20(24)18-5-3-2-4-6-18/h2-10H,11-15H2,1H3. The summed E-state index contributed by atoms with van der Waals surface area (Å²) in [4.78, 5) is 28.1. The molecule has 1 saturated heterocycles. The molecule has 1 aliphatic rings. The number of rotatable bonds is 5. The van der Waals surface area contributed by atoms with Gasteiger partial charge in [0, 0.05) is 43.0 Å². The van der Waals surface area contributed by atoms with E-state index in [9.17, 15) is 9.59 Å². The van der Waals surface area contributed by atoms with Crippen LogP contribution in [0.5, 0.6) is 0 Å². The van der Waals surface area contributed by atoms with E-state index in [-0.39, 0.29) is 11.6 Å². The first-order valence-corrected chi connectivity index (χ1v) is 8.30. The summed E-state index contributed by atoms with van der Waals surface area (Å²) in [6.45, 7) is 5.57. The molecule has 2 aromatic rings. The van der Waals surface area contributed by atoms with Gasteiger partial charge in [-0.2, -0.15) is 0 Å². The van der Waals surface area contributed by atoms with Crippen LogP contribution in [0, 0.1) is 0 Å². The third kappa shape index (κ3) is 3.89. The van der Waals surface area contributed by atoms with Crippen LogP contribution in [0.25, 0.3) is 0 Å². The molecule has 1 fully saturated rings. The summed E-state index contributed by atoms with van der Waals surface area (Å²) in [5.41, 5.74) is 2.65. The molecule has 0 radical (unpaired) electrons. The van der Waals surface area contributed by atoms with Crippen molar-refractivity contribution >= 4 is 17.3 Å².